The van der Waals surface area contributed by atoms with Crippen LogP contribution in [0.25, 0.3) is 6.08 Å². The maximum absolute atomic E-state index is 13.5. The standard InChI is InChI=1S/C30H23ClN2O6/c1-18-22(11-19-7-9-25(27(12-19)36-2)37-16-21-5-3-4-6-24(21)31)29(34)33(30(35)23(18)14-32)15-20-8-10-26-28(13-20)39-17-38-26/h3-13H,15-17H2,1-2H3/b22-11+. The Labute approximate surface area is 230 Å². The van der Waals surface area contributed by atoms with E-state index in [1.807, 2.05) is 24.3 Å². The highest BCUT2D eigenvalue weighted by Gasteiger charge is 2.35. The number of nitrogens with zero attached hydrogens (tertiary/aromatic N) is 2. The van der Waals surface area contributed by atoms with E-state index in [-0.39, 0.29) is 31.1 Å². The fraction of sp³-hybridized carbons (Fsp3) is 0.167. The number of benzene rings is 3. The van der Waals surface area contributed by atoms with Crippen LogP contribution in [0.2, 0.25) is 5.02 Å². The molecule has 39 heavy (non-hydrogen) atoms. The third kappa shape index (κ3) is 5.17. The summed E-state index contributed by atoms with van der Waals surface area (Å²) in [5.74, 6) is 0.936. The number of nitriles is 1. The Morgan fingerprint density at radius 1 is 1.03 bits per heavy atom. The van der Waals surface area contributed by atoms with Gasteiger partial charge in [0, 0.05) is 16.2 Å². The first-order valence-corrected chi connectivity index (χ1v) is 12.4. The number of carbonyl (C=O) groups is 2. The highest BCUT2D eigenvalue weighted by molar-refractivity contribution is 6.31. The topological polar surface area (TPSA) is 98.1 Å². The number of imide groups is 1. The average molecular weight is 543 g/mol. The van der Waals surface area contributed by atoms with Crippen molar-refractivity contribution >= 4 is 29.5 Å². The van der Waals surface area contributed by atoms with Crippen molar-refractivity contribution in [2.45, 2.75) is 20.1 Å². The van der Waals surface area contributed by atoms with Gasteiger partial charge in [0.1, 0.15) is 18.2 Å². The lowest BCUT2D eigenvalue weighted by Crippen LogP contribution is -2.42. The van der Waals surface area contributed by atoms with Crippen molar-refractivity contribution < 1.29 is 28.5 Å². The van der Waals surface area contributed by atoms with Crippen LogP contribution in [-0.2, 0) is 22.7 Å². The van der Waals surface area contributed by atoms with Gasteiger partial charge >= 0.3 is 0 Å². The highest BCUT2D eigenvalue weighted by atomic mass is 35.5. The first-order chi connectivity index (χ1) is 18.9. The Morgan fingerprint density at radius 2 is 1.82 bits per heavy atom. The van der Waals surface area contributed by atoms with Gasteiger partial charge in [0.15, 0.2) is 23.0 Å². The zero-order chi connectivity index (χ0) is 27.5. The zero-order valence-corrected chi connectivity index (χ0v) is 21.9. The van der Waals surface area contributed by atoms with Crippen molar-refractivity contribution in [2.75, 3.05) is 13.9 Å². The summed E-state index contributed by atoms with van der Waals surface area (Å²) in [4.78, 5) is 27.7. The van der Waals surface area contributed by atoms with Crippen LogP contribution >= 0.6 is 11.6 Å². The van der Waals surface area contributed by atoms with Gasteiger partial charge in [-0.25, -0.2) is 0 Å². The fourth-order valence-electron chi connectivity index (χ4n) is 4.33. The summed E-state index contributed by atoms with van der Waals surface area (Å²) < 4.78 is 22.2. The molecule has 0 N–H and O–H groups in total. The molecule has 8 nitrogen and oxygen atoms in total. The number of fused-ring (bicyclic) bond motifs is 1. The van der Waals surface area contributed by atoms with Gasteiger partial charge in [0.25, 0.3) is 11.8 Å². The lowest BCUT2D eigenvalue weighted by Gasteiger charge is -2.27. The van der Waals surface area contributed by atoms with Crippen LogP contribution < -0.4 is 18.9 Å². The van der Waals surface area contributed by atoms with Gasteiger partial charge in [-0.15, -0.1) is 0 Å². The van der Waals surface area contributed by atoms with Crippen molar-refractivity contribution in [1.29, 1.82) is 5.26 Å². The first kappa shape index (κ1) is 25.9. The molecule has 0 unspecified atom stereocenters. The van der Waals surface area contributed by atoms with Crippen molar-refractivity contribution in [3.8, 4) is 29.1 Å². The van der Waals surface area contributed by atoms with Crippen LogP contribution in [0.4, 0.5) is 0 Å². The summed E-state index contributed by atoms with van der Waals surface area (Å²) in [5.41, 5.74) is 2.59. The molecular weight excluding hydrogens is 520 g/mol. The van der Waals surface area contributed by atoms with Gasteiger partial charge in [-0.2, -0.15) is 5.26 Å². The molecule has 0 bridgehead atoms. The number of hydrogen-bond donors (Lipinski definition) is 0. The second-order valence-electron chi connectivity index (χ2n) is 8.84. The van der Waals surface area contributed by atoms with Crippen molar-refractivity contribution in [1.82, 2.24) is 4.90 Å². The second-order valence-corrected chi connectivity index (χ2v) is 9.25. The maximum atomic E-state index is 13.5. The fourth-order valence-corrected chi connectivity index (χ4v) is 4.52. The lowest BCUT2D eigenvalue weighted by molar-refractivity contribution is -0.141. The van der Waals surface area contributed by atoms with Crippen molar-refractivity contribution in [2.24, 2.45) is 0 Å². The minimum Gasteiger partial charge on any atom is -0.493 e. The van der Waals surface area contributed by atoms with Gasteiger partial charge in [0.05, 0.1) is 13.7 Å². The third-order valence-electron chi connectivity index (χ3n) is 6.44. The summed E-state index contributed by atoms with van der Waals surface area (Å²) in [6.45, 7) is 1.93. The van der Waals surface area contributed by atoms with E-state index in [4.69, 9.17) is 30.5 Å². The molecule has 0 fully saturated rings. The first-order valence-electron chi connectivity index (χ1n) is 12.0. The maximum Gasteiger partial charge on any atom is 0.271 e. The molecule has 2 heterocycles. The third-order valence-corrected chi connectivity index (χ3v) is 6.81. The van der Waals surface area contributed by atoms with Gasteiger partial charge < -0.3 is 18.9 Å². The minimum absolute atomic E-state index is 0.0255. The molecule has 0 radical (unpaired) electrons. The molecule has 0 aromatic heterocycles. The van der Waals surface area contributed by atoms with E-state index in [1.165, 1.54) is 7.11 Å². The van der Waals surface area contributed by atoms with E-state index in [9.17, 15) is 14.9 Å². The van der Waals surface area contributed by atoms with Crippen LogP contribution in [0.15, 0.2) is 77.4 Å². The van der Waals surface area contributed by atoms with E-state index < -0.39 is 11.8 Å². The van der Waals surface area contributed by atoms with Gasteiger partial charge in [0.2, 0.25) is 6.79 Å². The molecule has 9 heteroatoms. The van der Waals surface area contributed by atoms with E-state index in [2.05, 4.69) is 0 Å². The molecular formula is C30H23ClN2O6. The number of ether oxygens (including phenoxy) is 4. The summed E-state index contributed by atoms with van der Waals surface area (Å²) >= 11 is 6.23. The van der Waals surface area contributed by atoms with E-state index in [1.54, 1.807) is 55.5 Å². The monoisotopic (exact) mass is 542 g/mol. The van der Waals surface area contributed by atoms with Crippen LogP contribution in [-0.4, -0.2) is 30.6 Å². The Kier molecular flexibility index (Phi) is 7.26. The van der Waals surface area contributed by atoms with Gasteiger partial charge in [-0.3, -0.25) is 14.5 Å². The predicted octanol–water partition coefficient (Wildman–Crippen LogP) is 5.45. The molecule has 196 valence electrons. The molecule has 0 spiro atoms. The summed E-state index contributed by atoms with van der Waals surface area (Å²) in [6.07, 6.45) is 1.63. The smallest absolute Gasteiger partial charge is 0.271 e. The van der Waals surface area contributed by atoms with Crippen LogP contribution in [0.1, 0.15) is 23.6 Å². The van der Waals surface area contributed by atoms with Gasteiger partial charge in [-0.1, -0.05) is 41.9 Å². The SMILES string of the molecule is COc1cc(/C=C2/C(=O)N(Cc3ccc4c(c3)OCO4)C(=O)C(C#N)=C2C)ccc1OCc1ccccc1Cl. The Balaban J connectivity index is 1.43. The molecule has 0 aliphatic carbocycles. The summed E-state index contributed by atoms with van der Waals surface area (Å²) in [7, 11) is 1.52. The highest BCUT2D eigenvalue weighted by Crippen LogP contribution is 2.35. The second kappa shape index (κ2) is 10.9. The molecule has 0 saturated carbocycles. The largest absolute Gasteiger partial charge is 0.493 e. The minimum atomic E-state index is -0.643. The van der Waals surface area contributed by atoms with Crippen LogP contribution in [0.5, 0.6) is 23.0 Å². The number of carbonyl (C=O) groups excluding carboxylic acids is 2. The number of halogens is 1. The predicted molar refractivity (Wildman–Crippen MR) is 143 cm³/mol. The molecule has 2 amide bonds. The average Bonchev–Trinajstić information content (AvgIpc) is 3.41. The molecule has 5 rings (SSSR count). The van der Waals surface area contributed by atoms with E-state index >= 15 is 0 Å². The molecule has 3 aromatic rings. The Morgan fingerprint density at radius 3 is 2.59 bits per heavy atom. The quantitative estimate of drug-likeness (QED) is 0.289. The molecule has 0 atom stereocenters. The van der Waals surface area contributed by atoms with Crippen molar-refractivity contribution in [3.63, 3.8) is 0 Å². The zero-order valence-electron chi connectivity index (χ0n) is 21.2. The normalized spacial score (nSPS) is 15.5. The lowest BCUT2D eigenvalue weighted by atomic mass is 9.93. The molecule has 2 aliphatic rings. The number of hydrogen-bond acceptors (Lipinski definition) is 7. The Hall–Kier alpha value is -4.74. The van der Waals surface area contributed by atoms with E-state index in [0.29, 0.717) is 44.7 Å². The molecule has 0 saturated heterocycles. The molecule has 2 aliphatic heterocycles. The molecule has 3 aromatic carbocycles. The number of amides is 2. The van der Waals surface area contributed by atoms with Crippen molar-refractivity contribution in [3.05, 3.63) is 99.1 Å². The Bertz CT molecular complexity index is 1590. The summed E-state index contributed by atoms with van der Waals surface area (Å²) in [5, 5.41) is 10.3. The number of methoxy groups -OCH3 is 1. The van der Waals surface area contributed by atoms with E-state index in [0.717, 1.165) is 10.5 Å². The number of rotatable bonds is 7. The summed E-state index contributed by atoms with van der Waals surface area (Å²) in [6, 6.07) is 19.8. The van der Waals surface area contributed by atoms with Crippen LogP contribution in [0.3, 0.4) is 0 Å². The van der Waals surface area contributed by atoms with Gasteiger partial charge in [-0.05, 0) is 60.0 Å². The van der Waals surface area contributed by atoms with Crippen LogP contribution in [0, 0.1) is 11.3 Å².